The molecule has 21 heavy (non-hydrogen) atoms. The predicted octanol–water partition coefficient (Wildman–Crippen LogP) is 3.16. The molecule has 0 atom stereocenters. The van der Waals surface area contributed by atoms with E-state index in [1.54, 1.807) is 25.3 Å². The number of benzene rings is 1. The second kappa shape index (κ2) is 6.54. The van der Waals surface area contributed by atoms with Crippen molar-refractivity contribution in [1.82, 2.24) is 9.97 Å². The SMILES string of the molecule is COc1ccc(C(=O)c2ccnc(Cl)n2)c(OC(C)C)c1. The molecule has 0 radical (unpaired) electrons. The Morgan fingerprint density at radius 1 is 1.29 bits per heavy atom. The highest BCUT2D eigenvalue weighted by Crippen LogP contribution is 2.27. The first kappa shape index (κ1) is 15.3. The average molecular weight is 307 g/mol. The third kappa shape index (κ3) is 3.70. The number of ether oxygens (including phenoxy) is 2. The lowest BCUT2D eigenvalue weighted by molar-refractivity contribution is 0.102. The fourth-order valence-corrected chi connectivity index (χ4v) is 1.92. The molecular weight excluding hydrogens is 292 g/mol. The molecule has 0 aliphatic heterocycles. The average Bonchev–Trinajstić information content (AvgIpc) is 2.46. The van der Waals surface area contributed by atoms with Gasteiger partial charge in [-0.05, 0) is 43.6 Å². The van der Waals surface area contributed by atoms with E-state index in [0.29, 0.717) is 17.1 Å². The number of aromatic nitrogens is 2. The molecule has 0 unspecified atom stereocenters. The molecular formula is C15H15ClN2O3. The van der Waals surface area contributed by atoms with Crippen LogP contribution >= 0.6 is 11.6 Å². The normalized spacial score (nSPS) is 10.5. The van der Waals surface area contributed by atoms with Crippen molar-refractivity contribution in [2.24, 2.45) is 0 Å². The van der Waals surface area contributed by atoms with E-state index in [2.05, 4.69) is 9.97 Å². The summed E-state index contributed by atoms with van der Waals surface area (Å²) in [4.78, 5) is 20.2. The number of rotatable bonds is 5. The number of methoxy groups -OCH3 is 1. The highest BCUT2D eigenvalue weighted by molar-refractivity contribution is 6.28. The Balaban J connectivity index is 2.44. The molecule has 0 saturated heterocycles. The van der Waals surface area contributed by atoms with Gasteiger partial charge in [0.15, 0.2) is 0 Å². The molecule has 2 aromatic rings. The van der Waals surface area contributed by atoms with Gasteiger partial charge in [-0.1, -0.05) is 0 Å². The lowest BCUT2D eigenvalue weighted by atomic mass is 10.1. The van der Waals surface area contributed by atoms with Crippen molar-refractivity contribution in [3.8, 4) is 11.5 Å². The molecule has 6 heteroatoms. The van der Waals surface area contributed by atoms with Crippen LogP contribution in [0.1, 0.15) is 29.9 Å². The van der Waals surface area contributed by atoms with E-state index < -0.39 is 0 Å². The lowest BCUT2D eigenvalue weighted by Gasteiger charge is -2.14. The fourth-order valence-electron chi connectivity index (χ4n) is 1.77. The number of carbonyl (C=O) groups is 1. The van der Waals surface area contributed by atoms with Crippen molar-refractivity contribution in [2.45, 2.75) is 20.0 Å². The van der Waals surface area contributed by atoms with E-state index in [1.165, 1.54) is 12.3 Å². The highest BCUT2D eigenvalue weighted by Gasteiger charge is 2.18. The standard InChI is InChI=1S/C15H15ClN2O3/c1-9(2)21-13-8-10(20-3)4-5-11(13)14(19)12-6-7-17-15(16)18-12/h4-9H,1-3H3. The van der Waals surface area contributed by atoms with Crippen LogP contribution in [-0.4, -0.2) is 29.0 Å². The number of hydrogen-bond donors (Lipinski definition) is 0. The van der Waals surface area contributed by atoms with Crippen molar-refractivity contribution in [1.29, 1.82) is 0 Å². The van der Waals surface area contributed by atoms with Gasteiger partial charge in [-0.25, -0.2) is 9.97 Å². The van der Waals surface area contributed by atoms with Gasteiger partial charge in [-0.3, -0.25) is 4.79 Å². The Morgan fingerprint density at radius 2 is 2.05 bits per heavy atom. The topological polar surface area (TPSA) is 61.3 Å². The van der Waals surface area contributed by atoms with Gasteiger partial charge in [-0.2, -0.15) is 0 Å². The van der Waals surface area contributed by atoms with Crippen LogP contribution < -0.4 is 9.47 Å². The number of carbonyl (C=O) groups excluding carboxylic acids is 1. The molecule has 110 valence electrons. The van der Waals surface area contributed by atoms with Gasteiger partial charge in [-0.15, -0.1) is 0 Å². The van der Waals surface area contributed by atoms with Crippen molar-refractivity contribution in [3.63, 3.8) is 0 Å². The van der Waals surface area contributed by atoms with Gasteiger partial charge in [0.25, 0.3) is 0 Å². The Hall–Kier alpha value is -2.14. The van der Waals surface area contributed by atoms with Crippen LogP contribution in [0.5, 0.6) is 11.5 Å². The summed E-state index contributed by atoms with van der Waals surface area (Å²) in [6.45, 7) is 3.77. The molecule has 0 fully saturated rings. The predicted molar refractivity (Wildman–Crippen MR) is 79.2 cm³/mol. The summed E-state index contributed by atoms with van der Waals surface area (Å²) in [6.07, 6.45) is 1.37. The van der Waals surface area contributed by atoms with Gasteiger partial charge in [0.1, 0.15) is 17.2 Å². The quantitative estimate of drug-likeness (QED) is 0.627. The maximum Gasteiger partial charge on any atom is 0.222 e. The van der Waals surface area contributed by atoms with Crippen LogP contribution in [0.25, 0.3) is 0 Å². The molecule has 0 saturated carbocycles. The Kier molecular flexibility index (Phi) is 4.75. The molecule has 5 nitrogen and oxygen atoms in total. The first-order valence-electron chi connectivity index (χ1n) is 6.39. The second-order valence-electron chi connectivity index (χ2n) is 4.57. The third-order valence-corrected chi connectivity index (χ3v) is 2.84. The van der Waals surface area contributed by atoms with E-state index in [1.807, 2.05) is 13.8 Å². The number of hydrogen-bond acceptors (Lipinski definition) is 5. The van der Waals surface area contributed by atoms with Gasteiger partial charge in [0.2, 0.25) is 11.1 Å². The Morgan fingerprint density at radius 3 is 2.67 bits per heavy atom. The Labute approximate surface area is 127 Å². The van der Waals surface area contributed by atoms with Gasteiger partial charge >= 0.3 is 0 Å². The van der Waals surface area contributed by atoms with E-state index >= 15 is 0 Å². The molecule has 0 aliphatic carbocycles. The van der Waals surface area contributed by atoms with Gasteiger partial charge in [0.05, 0.1) is 18.8 Å². The van der Waals surface area contributed by atoms with Crippen molar-refractivity contribution < 1.29 is 14.3 Å². The molecule has 1 heterocycles. The first-order chi connectivity index (χ1) is 10.0. The minimum atomic E-state index is -0.280. The summed E-state index contributed by atoms with van der Waals surface area (Å²) >= 11 is 5.72. The second-order valence-corrected chi connectivity index (χ2v) is 4.91. The van der Waals surface area contributed by atoms with Crippen molar-refractivity contribution >= 4 is 17.4 Å². The van der Waals surface area contributed by atoms with E-state index in [0.717, 1.165) is 0 Å². The summed E-state index contributed by atoms with van der Waals surface area (Å²) in [5.74, 6) is 0.782. The molecule has 1 aromatic heterocycles. The zero-order valence-electron chi connectivity index (χ0n) is 12.0. The summed E-state index contributed by atoms with van der Waals surface area (Å²) in [5.41, 5.74) is 0.619. The van der Waals surface area contributed by atoms with Gasteiger partial charge in [0, 0.05) is 12.3 Å². The number of nitrogens with zero attached hydrogens (tertiary/aromatic N) is 2. The minimum absolute atomic E-state index is 0.0284. The molecule has 2 rings (SSSR count). The highest BCUT2D eigenvalue weighted by atomic mass is 35.5. The largest absolute Gasteiger partial charge is 0.497 e. The Bertz CT molecular complexity index is 659. The number of ketones is 1. The van der Waals surface area contributed by atoms with Crippen LogP contribution in [0.4, 0.5) is 0 Å². The van der Waals surface area contributed by atoms with E-state index in [4.69, 9.17) is 21.1 Å². The van der Waals surface area contributed by atoms with E-state index in [9.17, 15) is 4.79 Å². The summed E-state index contributed by atoms with van der Waals surface area (Å²) in [7, 11) is 1.56. The fraction of sp³-hybridized carbons (Fsp3) is 0.267. The first-order valence-corrected chi connectivity index (χ1v) is 6.77. The monoisotopic (exact) mass is 306 g/mol. The molecule has 0 spiro atoms. The maximum absolute atomic E-state index is 12.5. The zero-order chi connectivity index (χ0) is 15.4. The maximum atomic E-state index is 12.5. The molecule has 0 aliphatic rings. The van der Waals surface area contributed by atoms with Crippen LogP contribution in [0, 0.1) is 0 Å². The van der Waals surface area contributed by atoms with Gasteiger partial charge < -0.3 is 9.47 Å². The summed E-state index contributed by atoms with van der Waals surface area (Å²) in [5, 5.41) is 0.0284. The van der Waals surface area contributed by atoms with Crippen molar-refractivity contribution in [3.05, 3.63) is 47.0 Å². The lowest BCUT2D eigenvalue weighted by Crippen LogP contribution is -2.12. The van der Waals surface area contributed by atoms with Crippen LogP contribution in [0.15, 0.2) is 30.5 Å². The zero-order valence-corrected chi connectivity index (χ0v) is 12.7. The minimum Gasteiger partial charge on any atom is -0.497 e. The van der Waals surface area contributed by atoms with Crippen LogP contribution in [0.3, 0.4) is 0 Å². The summed E-state index contributed by atoms with van der Waals surface area (Å²) < 4.78 is 10.8. The number of halogens is 1. The van der Waals surface area contributed by atoms with Crippen LogP contribution in [-0.2, 0) is 0 Å². The summed E-state index contributed by atoms with van der Waals surface area (Å²) in [6, 6.07) is 6.53. The molecule has 0 N–H and O–H groups in total. The van der Waals surface area contributed by atoms with Crippen LogP contribution in [0.2, 0.25) is 5.28 Å². The van der Waals surface area contributed by atoms with E-state index in [-0.39, 0.29) is 22.9 Å². The smallest absolute Gasteiger partial charge is 0.222 e. The molecule has 0 bridgehead atoms. The van der Waals surface area contributed by atoms with Crippen molar-refractivity contribution in [2.75, 3.05) is 7.11 Å². The molecule has 1 aromatic carbocycles. The third-order valence-electron chi connectivity index (χ3n) is 2.65. The molecule has 0 amide bonds.